The molecule has 1 aromatic rings. The van der Waals surface area contributed by atoms with E-state index in [9.17, 15) is 14.9 Å². The molecule has 0 spiro atoms. The largest absolute Gasteiger partial charge is 0.293 e. The molecule has 0 amide bonds. The Morgan fingerprint density at radius 1 is 1.60 bits per heavy atom. The van der Waals surface area contributed by atoms with E-state index in [0.29, 0.717) is 0 Å². The molecule has 0 saturated heterocycles. The lowest BCUT2D eigenvalue weighted by molar-refractivity contribution is -0.385. The lowest BCUT2D eigenvalue weighted by atomic mass is 10.1. The minimum absolute atomic E-state index is 0.0637. The molecule has 0 aliphatic rings. The van der Waals surface area contributed by atoms with Crippen molar-refractivity contribution in [2.24, 2.45) is 0 Å². The third kappa shape index (κ3) is 2.76. The maximum Gasteiger partial charge on any atom is 0.281 e. The molecule has 1 atom stereocenters. The average Bonchev–Trinajstić information content (AvgIpc) is 2.16. The number of carbonyl (C=O) groups is 1. The van der Waals surface area contributed by atoms with E-state index in [0.717, 1.165) is 0 Å². The molecule has 1 unspecified atom stereocenters. The van der Waals surface area contributed by atoms with Crippen LogP contribution in [-0.4, -0.2) is 15.5 Å². The number of rotatable bonds is 3. The van der Waals surface area contributed by atoms with E-state index in [1.165, 1.54) is 18.2 Å². The number of Topliss-reactive ketones (excluding diaryl/α,β-unsaturated/α-hetero) is 1. The van der Waals surface area contributed by atoms with Gasteiger partial charge in [-0.25, -0.2) is 0 Å². The first-order chi connectivity index (χ1) is 6.93. The summed E-state index contributed by atoms with van der Waals surface area (Å²) in [4.78, 5) is 21.2. The predicted octanol–water partition coefficient (Wildman–Crippen LogP) is 3.21. The molecule has 1 rings (SSSR count). The van der Waals surface area contributed by atoms with Gasteiger partial charge in [0, 0.05) is 11.1 Å². The van der Waals surface area contributed by atoms with Crippen molar-refractivity contribution < 1.29 is 9.72 Å². The highest BCUT2D eigenvalue weighted by atomic mass is 79.9. The van der Waals surface area contributed by atoms with Gasteiger partial charge >= 0.3 is 0 Å². The van der Waals surface area contributed by atoms with Crippen molar-refractivity contribution >= 4 is 39.0 Å². The number of ketones is 1. The van der Waals surface area contributed by atoms with E-state index in [-0.39, 0.29) is 22.1 Å². The van der Waals surface area contributed by atoms with Gasteiger partial charge in [-0.05, 0) is 19.1 Å². The molecular weight excluding hydrogens is 285 g/mol. The summed E-state index contributed by atoms with van der Waals surface area (Å²) < 4.78 is 0. The Bertz CT molecular complexity index is 420. The van der Waals surface area contributed by atoms with Gasteiger partial charge in [-0.15, -0.1) is 0 Å². The van der Waals surface area contributed by atoms with Crippen molar-refractivity contribution in [2.75, 3.05) is 0 Å². The second-order valence-corrected chi connectivity index (χ2v) is 4.71. The first-order valence-corrected chi connectivity index (χ1v) is 5.35. The van der Waals surface area contributed by atoms with Crippen LogP contribution in [0, 0.1) is 10.1 Å². The zero-order valence-corrected chi connectivity index (χ0v) is 10.1. The highest BCUT2D eigenvalue weighted by Gasteiger charge is 2.22. The zero-order valence-electron chi connectivity index (χ0n) is 7.74. The molecule has 4 nitrogen and oxygen atoms in total. The standard InChI is InChI=1S/C9H7BrClNO3/c1-5(10)9(13)7-3-2-6(11)4-8(7)12(14)15/h2-5H,1H3. The summed E-state index contributed by atoms with van der Waals surface area (Å²) >= 11 is 8.69. The van der Waals surface area contributed by atoms with Gasteiger partial charge in [0.2, 0.25) is 0 Å². The summed E-state index contributed by atoms with van der Waals surface area (Å²) in [6.45, 7) is 1.61. The van der Waals surface area contributed by atoms with Crippen LogP contribution in [0.4, 0.5) is 5.69 Å². The molecule has 0 heterocycles. The number of alkyl halides is 1. The topological polar surface area (TPSA) is 60.2 Å². The summed E-state index contributed by atoms with van der Waals surface area (Å²) in [5.74, 6) is -0.335. The Morgan fingerprint density at radius 2 is 2.20 bits per heavy atom. The molecule has 0 saturated carbocycles. The first kappa shape index (κ1) is 12.1. The number of carbonyl (C=O) groups excluding carboxylic acids is 1. The maximum atomic E-state index is 11.6. The lowest BCUT2D eigenvalue weighted by Gasteiger charge is -2.03. The molecular formula is C9H7BrClNO3. The normalized spacial score (nSPS) is 12.2. The third-order valence-corrected chi connectivity index (χ3v) is 2.43. The van der Waals surface area contributed by atoms with Crippen LogP contribution in [-0.2, 0) is 0 Å². The summed E-state index contributed by atoms with van der Waals surface area (Å²) in [5, 5.41) is 10.9. The van der Waals surface area contributed by atoms with Crippen LogP contribution in [0.2, 0.25) is 5.02 Å². The quantitative estimate of drug-likeness (QED) is 0.372. The number of nitro groups is 1. The summed E-state index contributed by atoms with van der Waals surface area (Å²) in [7, 11) is 0. The van der Waals surface area contributed by atoms with Crippen LogP contribution in [0.15, 0.2) is 18.2 Å². The summed E-state index contributed by atoms with van der Waals surface area (Å²) in [6, 6.07) is 3.99. The van der Waals surface area contributed by atoms with E-state index in [2.05, 4.69) is 15.9 Å². The summed E-state index contributed by atoms with van der Waals surface area (Å²) in [6.07, 6.45) is 0. The zero-order chi connectivity index (χ0) is 11.6. The molecule has 1 aromatic carbocycles. The highest BCUT2D eigenvalue weighted by molar-refractivity contribution is 9.10. The molecule has 0 aliphatic heterocycles. The van der Waals surface area contributed by atoms with Gasteiger partial charge in [0.25, 0.3) is 5.69 Å². The van der Waals surface area contributed by atoms with Gasteiger partial charge in [-0.1, -0.05) is 27.5 Å². The van der Waals surface area contributed by atoms with Gasteiger partial charge in [-0.3, -0.25) is 14.9 Å². The summed E-state index contributed by atoms with van der Waals surface area (Å²) in [5.41, 5.74) is -0.201. The SMILES string of the molecule is CC(Br)C(=O)c1ccc(Cl)cc1[N+](=O)[O-]. The van der Waals surface area contributed by atoms with Crippen LogP contribution in [0.25, 0.3) is 0 Å². The number of nitro benzene ring substituents is 1. The number of hydrogen-bond donors (Lipinski definition) is 0. The van der Waals surface area contributed by atoms with Crippen molar-refractivity contribution in [3.63, 3.8) is 0 Å². The second kappa shape index (κ2) is 4.72. The van der Waals surface area contributed by atoms with Gasteiger partial charge in [0.1, 0.15) is 0 Å². The fourth-order valence-corrected chi connectivity index (χ4v) is 1.49. The van der Waals surface area contributed by atoms with Crippen molar-refractivity contribution in [1.29, 1.82) is 0 Å². The van der Waals surface area contributed by atoms with Crippen molar-refractivity contribution in [3.8, 4) is 0 Å². The van der Waals surface area contributed by atoms with E-state index >= 15 is 0 Å². The number of benzene rings is 1. The fourth-order valence-electron chi connectivity index (χ4n) is 1.08. The Balaban J connectivity index is 3.29. The molecule has 6 heteroatoms. The van der Waals surface area contributed by atoms with E-state index in [1.54, 1.807) is 6.92 Å². The molecule has 0 fully saturated rings. The average molecular weight is 293 g/mol. The van der Waals surface area contributed by atoms with E-state index < -0.39 is 9.75 Å². The van der Waals surface area contributed by atoms with Crippen molar-refractivity contribution in [1.82, 2.24) is 0 Å². The monoisotopic (exact) mass is 291 g/mol. The van der Waals surface area contributed by atoms with Crippen LogP contribution >= 0.6 is 27.5 Å². The first-order valence-electron chi connectivity index (χ1n) is 4.05. The minimum Gasteiger partial charge on any atom is -0.293 e. The van der Waals surface area contributed by atoms with Crippen LogP contribution < -0.4 is 0 Å². The molecule has 0 aromatic heterocycles. The van der Waals surface area contributed by atoms with Crippen LogP contribution in [0.3, 0.4) is 0 Å². The van der Waals surface area contributed by atoms with E-state index in [1.807, 2.05) is 0 Å². The lowest BCUT2D eigenvalue weighted by Crippen LogP contribution is -2.12. The molecule has 0 bridgehead atoms. The van der Waals surface area contributed by atoms with Crippen molar-refractivity contribution in [2.45, 2.75) is 11.8 Å². The molecule has 0 aliphatic carbocycles. The minimum atomic E-state index is -0.617. The third-order valence-electron chi connectivity index (χ3n) is 1.78. The molecule has 80 valence electrons. The highest BCUT2D eigenvalue weighted by Crippen LogP contribution is 2.25. The van der Waals surface area contributed by atoms with Crippen molar-refractivity contribution in [3.05, 3.63) is 38.9 Å². The maximum absolute atomic E-state index is 11.6. The van der Waals surface area contributed by atoms with Gasteiger partial charge in [0.15, 0.2) is 5.78 Å². The van der Waals surface area contributed by atoms with Gasteiger partial charge in [-0.2, -0.15) is 0 Å². The Labute approximate surface area is 99.5 Å². The van der Waals surface area contributed by atoms with Gasteiger partial charge in [0.05, 0.1) is 15.3 Å². The van der Waals surface area contributed by atoms with E-state index in [4.69, 9.17) is 11.6 Å². The van der Waals surface area contributed by atoms with Crippen LogP contribution in [0.5, 0.6) is 0 Å². The Morgan fingerprint density at radius 3 is 2.67 bits per heavy atom. The second-order valence-electron chi connectivity index (χ2n) is 2.90. The molecule has 0 N–H and O–H groups in total. The Kier molecular flexibility index (Phi) is 3.82. The Hall–Kier alpha value is -0.940. The van der Waals surface area contributed by atoms with Crippen LogP contribution in [0.1, 0.15) is 17.3 Å². The fraction of sp³-hybridized carbons (Fsp3) is 0.222. The predicted molar refractivity (Wildman–Crippen MR) is 60.8 cm³/mol. The van der Waals surface area contributed by atoms with Gasteiger partial charge < -0.3 is 0 Å². The molecule has 15 heavy (non-hydrogen) atoms. The number of nitrogens with zero attached hydrogens (tertiary/aromatic N) is 1. The smallest absolute Gasteiger partial charge is 0.281 e. The molecule has 0 radical (unpaired) electrons. The number of halogens is 2. The number of hydrogen-bond acceptors (Lipinski definition) is 3.